The fourth-order valence-corrected chi connectivity index (χ4v) is 3.33. The molecule has 4 N–H and O–H groups in total. The number of hydrogen-bond acceptors (Lipinski definition) is 6. The second-order valence-corrected chi connectivity index (χ2v) is 6.94. The number of phenols is 1. The normalized spacial score (nSPS) is 17.6. The van der Waals surface area contributed by atoms with Gasteiger partial charge in [0.25, 0.3) is 5.56 Å². The molecule has 8 nitrogen and oxygen atoms in total. The Hall–Kier alpha value is -2.65. The Bertz CT molecular complexity index is 1090. The first-order chi connectivity index (χ1) is 13.0. The van der Waals surface area contributed by atoms with Crippen molar-refractivity contribution in [3.8, 4) is 5.75 Å². The van der Waals surface area contributed by atoms with Gasteiger partial charge in [-0.05, 0) is 29.8 Å². The fourth-order valence-electron chi connectivity index (χ4n) is 3.21. The molecule has 0 spiro atoms. The molecule has 0 aliphatic carbocycles. The standard InChI is InChI=1S/C18H18ClN5O3/c19-12-6-4-11(5-7-12)8-23-9-13(21-22-23)10-24-17(26)14-2-1-3-15(25)16(14)20-18(24)27/h1-7,13,21-22,25H,8-10H2,(H,20,27). The smallest absolute Gasteiger partial charge is 0.328 e. The molecule has 4 rings (SSSR count). The van der Waals surface area contributed by atoms with Crippen LogP contribution in [-0.2, 0) is 13.1 Å². The Labute approximate surface area is 158 Å². The zero-order valence-corrected chi connectivity index (χ0v) is 15.0. The van der Waals surface area contributed by atoms with Crippen LogP contribution in [0.3, 0.4) is 0 Å². The summed E-state index contributed by atoms with van der Waals surface area (Å²) in [5.41, 5.74) is 6.42. The van der Waals surface area contributed by atoms with E-state index in [1.807, 2.05) is 29.3 Å². The van der Waals surface area contributed by atoms with Crippen LogP contribution in [0, 0.1) is 0 Å². The number of hydrogen-bond donors (Lipinski definition) is 4. The molecule has 3 aromatic rings. The minimum Gasteiger partial charge on any atom is -0.506 e. The molecule has 1 fully saturated rings. The Morgan fingerprint density at radius 2 is 1.93 bits per heavy atom. The number of para-hydroxylation sites is 1. The summed E-state index contributed by atoms with van der Waals surface area (Å²) in [5.74, 6) is -0.122. The highest BCUT2D eigenvalue weighted by Gasteiger charge is 2.23. The van der Waals surface area contributed by atoms with Crippen molar-refractivity contribution in [1.82, 2.24) is 25.5 Å². The van der Waals surface area contributed by atoms with Gasteiger partial charge in [-0.2, -0.15) is 5.53 Å². The number of aromatic amines is 1. The Morgan fingerprint density at radius 1 is 1.15 bits per heavy atom. The summed E-state index contributed by atoms with van der Waals surface area (Å²) < 4.78 is 1.15. The molecule has 1 atom stereocenters. The van der Waals surface area contributed by atoms with E-state index in [0.29, 0.717) is 18.1 Å². The number of aromatic nitrogens is 2. The molecule has 1 aliphatic rings. The van der Waals surface area contributed by atoms with Crippen molar-refractivity contribution in [2.75, 3.05) is 6.54 Å². The topological polar surface area (TPSA) is 102 Å². The monoisotopic (exact) mass is 387 g/mol. The van der Waals surface area contributed by atoms with Crippen molar-refractivity contribution < 1.29 is 5.11 Å². The maximum Gasteiger partial charge on any atom is 0.328 e. The molecule has 1 aromatic heterocycles. The van der Waals surface area contributed by atoms with E-state index in [2.05, 4.69) is 15.9 Å². The molecule has 140 valence electrons. The largest absolute Gasteiger partial charge is 0.506 e. The van der Waals surface area contributed by atoms with E-state index in [-0.39, 0.29) is 29.2 Å². The van der Waals surface area contributed by atoms with Crippen LogP contribution in [0.4, 0.5) is 0 Å². The maximum absolute atomic E-state index is 12.7. The zero-order valence-electron chi connectivity index (χ0n) is 14.3. The van der Waals surface area contributed by atoms with Gasteiger partial charge in [0.2, 0.25) is 0 Å². The maximum atomic E-state index is 12.7. The number of fused-ring (bicyclic) bond motifs is 1. The van der Waals surface area contributed by atoms with Crippen molar-refractivity contribution in [3.63, 3.8) is 0 Å². The lowest BCUT2D eigenvalue weighted by atomic mass is 10.2. The van der Waals surface area contributed by atoms with Crippen molar-refractivity contribution in [3.05, 3.63) is 73.9 Å². The predicted octanol–water partition coefficient (Wildman–Crippen LogP) is 0.942. The summed E-state index contributed by atoms with van der Waals surface area (Å²) >= 11 is 5.90. The minimum absolute atomic E-state index is 0.122. The van der Waals surface area contributed by atoms with Crippen LogP contribution in [0.25, 0.3) is 10.9 Å². The van der Waals surface area contributed by atoms with E-state index in [1.54, 1.807) is 12.1 Å². The number of hydrazine groups is 2. The van der Waals surface area contributed by atoms with E-state index in [9.17, 15) is 14.7 Å². The first-order valence-corrected chi connectivity index (χ1v) is 8.84. The summed E-state index contributed by atoms with van der Waals surface area (Å²) in [6.45, 7) is 1.45. The summed E-state index contributed by atoms with van der Waals surface area (Å²) in [7, 11) is 0. The Balaban J connectivity index is 1.51. The first kappa shape index (κ1) is 17.7. The van der Waals surface area contributed by atoms with Gasteiger partial charge in [0.15, 0.2) is 0 Å². The number of halogens is 1. The molecule has 1 aliphatic heterocycles. The van der Waals surface area contributed by atoms with E-state index in [1.165, 1.54) is 6.07 Å². The van der Waals surface area contributed by atoms with Crippen molar-refractivity contribution in [2.24, 2.45) is 0 Å². The number of benzene rings is 2. The van der Waals surface area contributed by atoms with E-state index < -0.39 is 11.2 Å². The molecule has 0 bridgehead atoms. The number of H-pyrrole nitrogens is 1. The lowest BCUT2D eigenvalue weighted by molar-refractivity contribution is 0.224. The van der Waals surface area contributed by atoms with E-state index in [4.69, 9.17) is 11.6 Å². The third-order valence-corrected chi connectivity index (χ3v) is 4.80. The second-order valence-electron chi connectivity index (χ2n) is 6.51. The summed E-state index contributed by atoms with van der Waals surface area (Å²) in [6, 6.07) is 12.0. The van der Waals surface area contributed by atoms with Crippen LogP contribution < -0.4 is 22.2 Å². The molecular formula is C18H18ClN5O3. The van der Waals surface area contributed by atoms with Gasteiger partial charge in [-0.3, -0.25) is 9.36 Å². The fraction of sp³-hybridized carbons (Fsp3) is 0.222. The van der Waals surface area contributed by atoms with Gasteiger partial charge in [-0.1, -0.05) is 29.8 Å². The van der Waals surface area contributed by atoms with Gasteiger partial charge in [-0.15, -0.1) is 0 Å². The van der Waals surface area contributed by atoms with Crippen molar-refractivity contribution in [1.29, 1.82) is 0 Å². The molecule has 0 amide bonds. The third-order valence-electron chi connectivity index (χ3n) is 4.55. The highest BCUT2D eigenvalue weighted by Crippen LogP contribution is 2.18. The van der Waals surface area contributed by atoms with Gasteiger partial charge in [0, 0.05) is 24.7 Å². The van der Waals surface area contributed by atoms with Gasteiger partial charge in [0.1, 0.15) is 5.75 Å². The second kappa shape index (κ2) is 7.16. The van der Waals surface area contributed by atoms with Gasteiger partial charge in [-0.25, -0.2) is 15.2 Å². The highest BCUT2D eigenvalue weighted by molar-refractivity contribution is 6.30. The Morgan fingerprint density at radius 3 is 2.70 bits per heavy atom. The first-order valence-electron chi connectivity index (χ1n) is 8.46. The number of nitrogens with zero attached hydrogens (tertiary/aromatic N) is 2. The Kier molecular flexibility index (Phi) is 4.71. The molecule has 0 radical (unpaired) electrons. The van der Waals surface area contributed by atoms with Crippen molar-refractivity contribution >= 4 is 22.5 Å². The molecule has 1 unspecified atom stereocenters. The summed E-state index contributed by atoms with van der Waals surface area (Å²) in [5, 5.41) is 12.8. The van der Waals surface area contributed by atoms with Crippen molar-refractivity contribution in [2.45, 2.75) is 19.1 Å². The number of phenolic OH excluding ortho intramolecular Hbond substituents is 1. The van der Waals surface area contributed by atoms with Crippen LogP contribution in [0.1, 0.15) is 5.56 Å². The number of aromatic hydroxyl groups is 1. The molecular weight excluding hydrogens is 370 g/mol. The average Bonchev–Trinajstić information content (AvgIpc) is 3.09. The average molecular weight is 388 g/mol. The molecule has 2 aromatic carbocycles. The van der Waals surface area contributed by atoms with Gasteiger partial charge < -0.3 is 10.1 Å². The number of nitrogens with one attached hydrogen (secondary N) is 3. The summed E-state index contributed by atoms with van der Waals surface area (Å²) in [6.07, 6.45) is 0. The van der Waals surface area contributed by atoms with Gasteiger partial charge >= 0.3 is 5.69 Å². The van der Waals surface area contributed by atoms with Crippen LogP contribution >= 0.6 is 11.6 Å². The summed E-state index contributed by atoms with van der Waals surface area (Å²) in [4.78, 5) is 27.6. The van der Waals surface area contributed by atoms with Crippen LogP contribution in [0.5, 0.6) is 5.75 Å². The molecule has 1 saturated heterocycles. The van der Waals surface area contributed by atoms with Crippen LogP contribution in [-0.4, -0.2) is 32.3 Å². The molecule has 9 heteroatoms. The predicted molar refractivity (Wildman–Crippen MR) is 102 cm³/mol. The van der Waals surface area contributed by atoms with E-state index in [0.717, 1.165) is 10.1 Å². The zero-order chi connectivity index (χ0) is 19.0. The van der Waals surface area contributed by atoms with Crippen LogP contribution in [0.15, 0.2) is 52.1 Å². The minimum atomic E-state index is -0.549. The SMILES string of the molecule is O=c1[nH]c2c(O)cccc2c(=O)n1CC1CN(Cc2ccc(Cl)cc2)NN1. The molecule has 2 heterocycles. The quantitative estimate of drug-likeness (QED) is 0.531. The highest BCUT2D eigenvalue weighted by atomic mass is 35.5. The lowest BCUT2D eigenvalue weighted by Crippen LogP contribution is -2.43. The van der Waals surface area contributed by atoms with Crippen LogP contribution in [0.2, 0.25) is 5.02 Å². The van der Waals surface area contributed by atoms with Gasteiger partial charge in [0.05, 0.1) is 16.9 Å². The third kappa shape index (κ3) is 3.60. The molecule has 27 heavy (non-hydrogen) atoms. The number of rotatable bonds is 4. The van der Waals surface area contributed by atoms with E-state index >= 15 is 0 Å². The lowest BCUT2D eigenvalue weighted by Gasteiger charge is -2.14. The molecule has 0 saturated carbocycles.